The van der Waals surface area contributed by atoms with Crippen molar-refractivity contribution < 1.29 is 14.3 Å². The molecule has 1 aromatic heterocycles. The Morgan fingerprint density at radius 2 is 1.65 bits per heavy atom. The molecule has 1 amide bonds. The molecular weight excluding hydrogens is 426 g/mol. The molecule has 6 nitrogen and oxygen atoms in total. The van der Waals surface area contributed by atoms with Crippen LogP contribution in [0.2, 0.25) is 0 Å². The summed E-state index contributed by atoms with van der Waals surface area (Å²) in [6, 6.07) is 24.6. The third-order valence-electron chi connectivity index (χ3n) is 6.75. The van der Waals surface area contributed by atoms with Gasteiger partial charge in [-0.3, -0.25) is 4.79 Å². The lowest BCUT2D eigenvalue weighted by atomic mass is 9.93. The lowest BCUT2D eigenvalue weighted by Gasteiger charge is -2.33. The summed E-state index contributed by atoms with van der Waals surface area (Å²) in [6.45, 7) is 1.95. The Balaban J connectivity index is 1.14. The molecule has 0 spiro atoms. The monoisotopic (exact) mass is 451 g/mol. The number of hydrogen-bond acceptors (Lipinski definition) is 5. The van der Waals surface area contributed by atoms with Gasteiger partial charge in [-0.1, -0.05) is 60.7 Å². The number of para-hydroxylation sites is 1. The molecule has 1 saturated heterocycles. The second kappa shape index (κ2) is 8.88. The van der Waals surface area contributed by atoms with Gasteiger partial charge in [-0.05, 0) is 34.4 Å². The van der Waals surface area contributed by atoms with Crippen molar-refractivity contribution in [2.75, 3.05) is 26.3 Å². The number of hydrogen-bond donors (Lipinski definition) is 0. The Bertz CT molecular complexity index is 1300. The number of morpholine rings is 1. The van der Waals surface area contributed by atoms with Crippen LogP contribution >= 0.6 is 0 Å². The summed E-state index contributed by atoms with van der Waals surface area (Å²) in [6.07, 6.45) is 1.76. The maximum Gasteiger partial charge on any atom is 0.224 e. The SMILES string of the molecule is O=C(CC1c2ccccc2-c2ccccc21)N1CCOC(COc2ncnc3ccccc23)C1. The number of ether oxygens (including phenoxy) is 2. The zero-order chi connectivity index (χ0) is 22.9. The predicted molar refractivity (Wildman–Crippen MR) is 130 cm³/mol. The van der Waals surface area contributed by atoms with Crippen LogP contribution in [0.3, 0.4) is 0 Å². The third-order valence-corrected chi connectivity index (χ3v) is 6.75. The van der Waals surface area contributed by atoms with Crippen LogP contribution in [0.15, 0.2) is 79.1 Å². The maximum absolute atomic E-state index is 13.4. The average molecular weight is 452 g/mol. The van der Waals surface area contributed by atoms with Gasteiger partial charge >= 0.3 is 0 Å². The van der Waals surface area contributed by atoms with E-state index in [1.807, 2.05) is 29.2 Å². The first kappa shape index (κ1) is 20.8. The Labute approximate surface area is 198 Å². The summed E-state index contributed by atoms with van der Waals surface area (Å²) in [5.74, 6) is 0.777. The van der Waals surface area contributed by atoms with Crippen LogP contribution in [0, 0.1) is 0 Å². The van der Waals surface area contributed by atoms with Gasteiger partial charge in [-0.2, -0.15) is 0 Å². The van der Waals surface area contributed by atoms with Crippen molar-refractivity contribution >= 4 is 16.8 Å². The summed E-state index contributed by atoms with van der Waals surface area (Å²) in [5, 5.41) is 0.868. The minimum Gasteiger partial charge on any atom is -0.474 e. The molecule has 0 N–H and O–H groups in total. The van der Waals surface area contributed by atoms with E-state index in [9.17, 15) is 4.79 Å². The first-order chi connectivity index (χ1) is 16.8. The second-order valence-electron chi connectivity index (χ2n) is 8.77. The Morgan fingerprint density at radius 1 is 0.941 bits per heavy atom. The van der Waals surface area contributed by atoms with E-state index in [-0.39, 0.29) is 17.9 Å². The number of fused-ring (bicyclic) bond motifs is 4. The smallest absolute Gasteiger partial charge is 0.224 e. The van der Waals surface area contributed by atoms with E-state index >= 15 is 0 Å². The molecule has 1 unspecified atom stereocenters. The van der Waals surface area contributed by atoms with Gasteiger partial charge in [0.15, 0.2) is 0 Å². The average Bonchev–Trinajstić information content (AvgIpc) is 3.21. The first-order valence-electron chi connectivity index (χ1n) is 11.7. The molecule has 3 aromatic carbocycles. The first-order valence-corrected chi connectivity index (χ1v) is 11.7. The molecule has 1 aliphatic heterocycles. The largest absolute Gasteiger partial charge is 0.474 e. The van der Waals surface area contributed by atoms with Crippen molar-refractivity contribution in [2.24, 2.45) is 0 Å². The Morgan fingerprint density at radius 3 is 2.44 bits per heavy atom. The van der Waals surface area contributed by atoms with E-state index in [1.54, 1.807) is 0 Å². The van der Waals surface area contributed by atoms with E-state index in [0.29, 0.717) is 38.6 Å². The molecule has 1 atom stereocenters. The van der Waals surface area contributed by atoms with E-state index in [0.717, 1.165) is 10.9 Å². The van der Waals surface area contributed by atoms with Gasteiger partial charge in [0.2, 0.25) is 11.8 Å². The number of aromatic nitrogens is 2. The molecule has 0 bridgehead atoms. The molecular formula is C28H25N3O3. The highest BCUT2D eigenvalue weighted by Gasteiger charge is 2.32. The van der Waals surface area contributed by atoms with Crippen LogP contribution in [0.25, 0.3) is 22.0 Å². The summed E-state index contributed by atoms with van der Waals surface area (Å²) < 4.78 is 11.9. The fourth-order valence-electron chi connectivity index (χ4n) is 5.10. The minimum atomic E-state index is -0.199. The van der Waals surface area contributed by atoms with Crippen molar-refractivity contribution in [3.63, 3.8) is 0 Å². The molecule has 2 heterocycles. The minimum absolute atomic E-state index is 0.0878. The van der Waals surface area contributed by atoms with E-state index < -0.39 is 0 Å². The molecule has 0 radical (unpaired) electrons. The fraction of sp³-hybridized carbons (Fsp3) is 0.250. The number of rotatable bonds is 5. The molecule has 6 rings (SSSR count). The molecule has 1 aliphatic carbocycles. The van der Waals surface area contributed by atoms with Crippen molar-refractivity contribution in [1.82, 2.24) is 14.9 Å². The number of nitrogens with zero attached hydrogens (tertiary/aromatic N) is 3. The number of carbonyl (C=O) groups excluding carboxylic acids is 1. The predicted octanol–water partition coefficient (Wildman–Crippen LogP) is 4.44. The molecule has 0 saturated carbocycles. The van der Waals surface area contributed by atoms with Crippen molar-refractivity contribution in [3.05, 3.63) is 90.3 Å². The van der Waals surface area contributed by atoms with E-state index in [4.69, 9.17) is 9.47 Å². The Kier molecular flexibility index (Phi) is 5.43. The van der Waals surface area contributed by atoms with Crippen LogP contribution in [-0.2, 0) is 9.53 Å². The molecule has 2 aliphatic rings. The van der Waals surface area contributed by atoms with Crippen molar-refractivity contribution in [3.8, 4) is 17.0 Å². The van der Waals surface area contributed by atoms with E-state index in [2.05, 4.69) is 58.5 Å². The summed E-state index contributed by atoms with van der Waals surface area (Å²) >= 11 is 0. The topological polar surface area (TPSA) is 64.6 Å². The highest BCUT2D eigenvalue weighted by atomic mass is 16.5. The lowest BCUT2D eigenvalue weighted by molar-refractivity contribution is -0.140. The van der Waals surface area contributed by atoms with Gasteiger partial charge in [0.05, 0.1) is 24.1 Å². The molecule has 34 heavy (non-hydrogen) atoms. The van der Waals surface area contributed by atoms with Gasteiger partial charge in [0.1, 0.15) is 19.0 Å². The maximum atomic E-state index is 13.4. The van der Waals surface area contributed by atoms with Gasteiger partial charge in [-0.15, -0.1) is 0 Å². The van der Waals surface area contributed by atoms with Crippen molar-refractivity contribution in [1.29, 1.82) is 0 Å². The van der Waals surface area contributed by atoms with Crippen LogP contribution < -0.4 is 4.74 Å². The normalized spacial score (nSPS) is 17.4. The quantitative estimate of drug-likeness (QED) is 0.449. The third kappa shape index (κ3) is 3.80. The lowest BCUT2D eigenvalue weighted by Crippen LogP contribution is -2.47. The summed E-state index contributed by atoms with van der Waals surface area (Å²) in [5.41, 5.74) is 5.79. The highest BCUT2D eigenvalue weighted by molar-refractivity contribution is 5.84. The zero-order valence-corrected chi connectivity index (χ0v) is 18.8. The Hall–Kier alpha value is -3.77. The molecule has 4 aromatic rings. The summed E-state index contributed by atoms with van der Waals surface area (Å²) in [7, 11) is 0. The van der Waals surface area contributed by atoms with Gasteiger partial charge < -0.3 is 14.4 Å². The summed E-state index contributed by atoms with van der Waals surface area (Å²) in [4.78, 5) is 23.9. The number of carbonyl (C=O) groups is 1. The van der Waals surface area contributed by atoms with Crippen LogP contribution in [0.5, 0.6) is 5.88 Å². The van der Waals surface area contributed by atoms with E-state index in [1.165, 1.54) is 28.6 Å². The number of amides is 1. The highest BCUT2D eigenvalue weighted by Crippen LogP contribution is 2.46. The second-order valence-corrected chi connectivity index (χ2v) is 8.77. The molecule has 6 heteroatoms. The van der Waals surface area contributed by atoms with Crippen LogP contribution in [-0.4, -0.2) is 53.2 Å². The number of benzene rings is 3. The van der Waals surface area contributed by atoms with Gasteiger partial charge in [0.25, 0.3) is 0 Å². The fourth-order valence-corrected chi connectivity index (χ4v) is 5.10. The van der Waals surface area contributed by atoms with Crippen LogP contribution in [0.1, 0.15) is 23.5 Å². The van der Waals surface area contributed by atoms with Crippen LogP contribution in [0.4, 0.5) is 0 Å². The van der Waals surface area contributed by atoms with Gasteiger partial charge in [0, 0.05) is 18.9 Å². The zero-order valence-electron chi connectivity index (χ0n) is 18.8. The molecule has 170 valence electrons. The van der Waals surface area contributed by atoms with Crippen molar-refractivity contribution in [2.45, 2.75) is 18.4 Å². The van der Waals surface area contributed by atoms with Gasteiger partial charge in [-0.25, -0.2) is 9.97 Å². The standard InChI is InChI=1S/C28H25N3O3/c32-27(15-25-22-9-3-1-7-20(22)21-8-2-4-10-23(21)25)31-13-14-33-19(16-31)17-34-28-24-11-5-6-12-26(24)29-18-30-28/h1-12,18-19,25H,13-17H2. The molecule has 1 fully saturated rings.